The number of aromatic nitrogens is 2. The van der Waals surface area contributed by atoms with Gasteiger partial charge in [-0.2, -0.15) is 5.10 Å². The van der Waals surface area contributed by atoms with Gasteiger partial charge in [-0.25, -0.2) is 0 Å². The second-order valence-electron chi connectivity index (χ2n) is 5.11. The van der Waals surface area contributed by atoms with Crippen LogP contribution in [0.2, 0.25) is 0 Å². The molecule has 1 aromatic heterocycles. The average Bonchev–Trinajstić information content (AvgIpc) is 2.78. The first-order chi connectivity index (χ1) is 9.58. The predicted molar refractivity (Wildman–Crippen MR) is 79.2 cm³/mol. The Balaban J connectivity index is 1.88. The van der Waals surface area contributed by atoms with Crippen molar-refractivity contribution in [3.8, 4) is 0 Å². The lowest BCUT2D eigenvalue weighted by molar-refractivity contribution is -0.130. The van der Waals surface area contributed by atoms with Gasteiger partial charge in [0.05, 0.1) is 6.20 Å². The molecule has 0 aliphatic rings. The minimum atomic E-state index is 0.164. The Labute approximate surface area is 120 Å². The minimum absolute atomic E-state index is 0.164. The molecule has 1 heterocycles. The van der Waals surface area contributed by atoms with Gasteiger partial charge in [-0.1, -0.05) is 30.3 Å². The highest BCUT2D eigenvalue weighted by Crippen LogP contribution is 2.10. The van der Waals surface area contributed by atoms with Gasteiger partial charge in [0.15, 0.2) is 0 Å². The van der Waals surface area contributed by atoms with Crippen LogP contribution in [0.5, 0.6) is 0 Å². The summed E-state index contributed by atoms with van der Waals surface area (Å²) in [4.78, 5) is 13.9. The van der Waals surface area contributed by atoms with Crippen LogP contribution in [0.25, 0.3) is 0 Å². The van der Waals surface area contributed by atoms with E-state index in [-0.39, 0.29) is 5.91 Å². The Bertz CT molecular complexity index is 575. The first kappa shape index (κ1) is 14.3. The van der Waals surface area contributed by atoms with Crippen LogP contribution < -0.4 is 0 Å². The van der Waals surface area contributed by atoms with Crippen LogP contribution in [0.3, 0.4) is 0 Å². The van der Waals surface area contributed by atoms with Crippen LogP contribution in [-0.4, -0.2) is 27.6 Å². The van der Waals surface area contributed by atoms with Gasteiger partial charge in [0, 0.05) is 38.3 Å². The minimum Gasteiger partial charge on any atom is -0.341 e. The van der Waals surface area contributed by atoms with E-state index in [0.717, 1.165) is 17.7 Å². The van der Waals surface area contributed by atoms with E-state index >= 15 is 0 Å². The normalized spacial score (nSPS) is 10.6. The highest BCUT2D eigenvalue weighted by Gasteiger charge is 2.12. The van der Waals surface area contributed by atoms with Crippen molar-refractivity contribution in [3.05, 3.63) is 53.3 Å². The summed E-state index contributed by atoms with van der Waals surface area (Å²) < 4.78 is 1.83. The molecule has 0 fully saturated rings. The number of benzene rings is 1. The smallest absolute Gasteiger partial charge is 0.222 e. The molecule has 4 heteroatoms. The molecule has 106 valence electrons. The Morgan fingerprint density at radius 3 is 2.60 bits per heavy atom. The average molecular weight is 271 g/mol. The number of amides is 1. The van der Waals surface area contributed by atoms with Gasteiger partial charge >= 0.3 is 0 Å². The molecule has 0 N–H and O–H groups in total. The number of hydrogen-bond acceptors (Lipinski definition) is 2. The third-order valence-electron chi connectivity index (χ3n) is 3.64. The van der Waals surface area contributed by atoms with Gasteiger partial charge < -0.3 is 4.90 Å². The molecule has 4 nitrogen and oxygen atoms in total. The molecule has 0 unspecified atom stereocenters. The van der Waals surface area contributed by atoms with Crippen LogP contribution >= 0.6 is 0 Å². The van der Waals surface area contributed by atoms with Crippen LogP contribution in [-0.2, 0) is 24.8 Å². The summed E-state index contributed by atoms with van der Waals surface area (Å²) in [6.45, 7) is 2.64. The number of hydrogen-bond donors (Lipinski definition) is 0. The standard InChI is InChI=1S/C16H21N3O/c1-13-15(11-17-19(13)3)12-18(2)16(20)10-9-14-7-5-4-6-8-14/h4-8,11H,9-10,12H2,1-3H3. The predicted octanol–water partition coefficient (Wildman–Crippen LogP) is 2.32. The largest absolute Gasteiger partial charge is 0.341 e. The van der Waals surface area contributed by atoms with E-state index in [9.17, 15) is 4.79 Å². The van der Waals surface area contributed by atoms with Crippen molar-refractivity contribution in [1.82, 2.24) is 14.7 Å². The van der Waals surface area contributed by atoms with Crippen LogP contribution in [0.15, 0.2) is 36.5 Å². The maximum Gasteiger partial charge on any atom is 0.222 e. The summed E-state index contributed by atoms with van der Waals surface area (Å²) in [6.07, 6.45) is 3.16. The Morgan fingerprint density at radius 2 is 2.00 bits per heavy atom. The van der Waals surface area contributed by atoms with E-state index in [1.54, 1.807) is 4.90 Å². The van der Waals surface area contributed by atoms with Crippen molar-refractivity contribution < 1.29 is 4.79 Å². The molecule has 0 spiro atoms. The molecular weight excluding hydrogens is 250 g/mol. The van der Waals surface area contributed by atoms with Crippen molar-refractivity contribution in [2.75, 3.05) is 7.05 Å². The quantitative estimate of drug-likeness (QED) is 0.837. The van der Waals surface area contributed by atoms with Crippen LogP contribution in [0.4, 0.5) is 0 Å². The fourth-order valence-corrected chi connectivity index (χ4v) is 2.13. The van der Waals surface area contributed by atoms with Gasteiger partial charge in [0.1, 0.15) is 0 Å². The zero-order valence-corrected chi connectivity index (χ0v) is 12.3. The van der Waals surface area contributed by atoms with Gasteiger partial charge in [0.2, 0.25) is 5.91 Å². The Hall–Kier alpha value is -2.10. The molecule has 0 radical (unpaired) electrons. The fourth-order valence-electron chi connectivity index (χ4n) is 2.13. The summed E-state index contributed by atoms with van der Waals surface area (Å²) in [7, 11) is 3.76. The number of rotatable bonds is 5. The highest BCUT2D eigenvalue weighted by molar-refractivity contribution is 5.76. The summed E-state index contributed by atoms with van der Waals surface area (Å²) in [6, 6.07) is 10.1. The molecule has 2 rings (SSSR count). The summed E-state index contributed by atoms with van der Waals surface area (Å²) >= 11 is 0. The maximum atomic E-state index is 12.1. The molecule has 1 amide bonds. The molecule has 0 aliphatic carbocycles. The summed E-state index contributed by atoms with van der Waals surface area (Å²) in [5.41, 5.74) is 3.41. The topological polar surface area (TPSA) is 38.1 Å². The van der Waals surface area contributed by atoms with Crippen molar-refractivity contribution in [2.24, 2.45) is 7.05 Å². The van der Waals surface area contributed by atoms with Gasteiger partial charge in [0.25, 0.3) is 0 Å². The number of carbonyl (C=O) groups excluding carboxylic acids is 1. The SMILES string of the molecule is Cc1c(CN(C)C(=O)CCc2ccccc2)cnn1C. The van der Waals surface area contributed by atoms with Gasteiger partial charge in [-0.3, -0.25) is 9.48 Å². The first-order valence-electron chi connectivity index (χ1n) is 6.83. The lowest BCUT2D eigenvalue weighted by atomic mass is 10.1. The van der Waals surface area contributed by atoms with Crippen LogP contribution in [0.1, 0.15) is 23.2 Å². The highest BCUT2D eigenvalue weighted by atomic mass is 16.2. The molecule has 20 heavy (non-hydrogen) atoms. The summed E-state index contributed by atoms with van der Waals surface area (Å²) in [5, 5.41) is 4.20. The Morgan fingerprint density at radius 1 is 1.30 bits per heavy atom. The zero-order chi connectivity index (χ0) is 14.5. The van der Waals surface area contributed by atoms with Crippen LogP contribution in [0, 0.1) is 6.92 Å². The number of carbonyl (C=O) groups is 1. The second-order valence-corrected chi connectivity index (χ2v) is 5.11. The number of nitrogens with zero attached hydrogens (tertiary/aromatic N) is 3. The third-order valence-corrected chi connectivity index (χ3v) is 3.64. The lowest BCUT2D eigenvalue weighted by Gasteiger charge is -2.17. The van der Waals surface area contributed by atoms with Crippen molar-refractivity contribution >= 4 is 5.91 Å². The van der Waals surface area contributed by atoms with Crippen molar-refractivity contribution in [3.63, 3.8) is 0 Å². The van der Waals surface area contributed by atoms with E-state index in [4.69, 9.17) is 0 Å². The maximum absolute atomic E-state index is 12.1. The van der Waals surface area contributed by atoms with E-state index in [1.807, 2.05) is 50.1 Å². The molecule has 0 bridgehead atoms. The van der Waals surface area contributed by atoms with Crippen molar-refractivity contribution in [2.45, 2.75) is 26.3 Å². The van der Waals surface area contributed by atoms with Gasteiger partial charge in [-0.05, 0) is 18.9 Å². The lowest BCUT2D eigenvalue weighted by Crippen LogP contribution is -2.26. The van der Waals surface area contributed by atoms with E-state index in [0.29, 0.717) is 13.0 Å². The molecule has 0 saturated heterocycles. The first-order valence-corrected chi connectivity index (χ1v) is 6.83. The van der Waals surface area contributed by atoms with E-state index in [1.165, 1.54) is 5.56 Å². The number of aryl methyl sites for hydroxylation is 2. The van der Waals surface area contributed by atoms with E-state index < -0.39 is 0 Å². The molecular formula is C16H21N3O. The monoisotopic (exact) mass is 271 g/mol. The fraction of sp³-hybridized carbons (Fsp3) is 0.375. The van der Waals surface area contributed by atoms with Crippen molar-refractivity contribution in [1.29, 1.82) is 0 Å². The summed E-state index contributed by atoms with van der Waals surface area (Å²) in [5.74, 6) is 0.164. The second kappa shape index (κ2) is 6.37. The molecule has 0 aliphatic heterocycles. The third kappa shape index (κ3) is 3.47. The Kier molecular flexibility index (Phi) is 4.56. The van der Waals surface area contributed by atoms with Gasteiger partial charge in [-0.15, -0.1) is 0 Å². The molecule has 2 aromatic rings. The zero-order valence-electron chi connectivity index (χ0n) is 12.3. The molecule has 0 saturated carbocycles. The molecule has 0 atom stereocenters. The van der Waals surface area contributed by atoms with E-state index in [2.05, 4.69) is 17.2 Å². The molecule has 1 aromatic carbocycles.